The molecule has 2 rings (SSSR count). The molecule has 17 heavy (non-hydrogen) atoms. The summed E-state index contributed by atoms with van der Waals surface area (Å²) < 4.78 is 11.9. The van der Waals surface area contributed by atoms with Crippen LogP contribution in [-0.2, 0) is 4.79 Å². The van der Waals surface area contributed by atoms with E-state index in [4.69, 9.17) is 23.2 Å². The molecule has 1 aliphatic rings. The summed E-state index contributed by atoms with van der Waals surface area (Å²) in [6.45, 7) is 2.36. The summed E-state index contributed by atoms with van der Waals surface area (Å²) in [6, 6.07) is 5.80. The van der Waals surface area contributed by atoms with Crippen LogP contribution >= 0.6 is 23.2 Å². The Balaban J connectivity index is 2.17. The largest absolute Gasteiger partial charge is 0.312 e. The second-order valence-corrected chi connectivity index (χ2v) is 5.62. The lowest BCUT2D eigenvalue weighted by Gasteiger charge is -2.21. The van der Waals surface area contributed by atoms with Crippen LogP contribution in [0.25, 0.3) is 0 Å². The van der Waals surface area contributed by atoms with Gasteiger partial charge in [0.2, 0.25) is 5.91 Å². The van der Waals surface area contributed by atoms with Gasteiger partial charge in [-0.15, -0.1) is 23.2 Å². The fraction of sp³-hybridized carbons (Fsp3) is 0.417. The van der Waals surface area contributed by atoms with Gasteiger partial charge in [-0.1, -0.05) is 0 Å². The Labute approximate surface area is 109 Å². The van der Waals surface area contributed by atoms with Gasteiger partial charge >= 0.3 is 0 Å². The van der Waals surface area contributed by atoms with Crippen molar-refractivity contribution in [2.45, 2.75) is 17.7 Å². The maximum absolute atomic E-state index is 12.8. The highest BCUT2D eigenvalue weighted by molar-refractivity contribution is 6.52. The minimum atomic E-state index is -0.926. The van der Waals surface area contributed by atoms with Crippen LogP contribution < -0.4 is 4.90 Å². The maximum Gasteiger partial charge on any atom is 0.233 e. The number of carbonyl (C=O) groups excluding carboxylic acids is 1. The van der Waals surface area contributed by atoms with Gasteiger partial charge in [0.1, 0.15) is 10.2 Å². The topological polar surface area (TPSA) is 20.3 Å². The number of hydrogen-bond donors (Lipinski definition) is 0. The Kier molecular flexibility index (Phi) is 3.32. The molecule has 5 heteroatoms. The summed E-state index contributed by atoms with van der Waals surface area (Å²) in [4.78, 5) is 13.7. The monoisotopic (exact) mass is 275 g/mol. The van der Waals surface area contributed by atoms with Crippen molar-refractivity contribution in [2.24, 2.45) is 5.92 Å². The van der Waals surface area contributed by atoms with E-state index in [1.165, 1.54) is 12.1 Å². The van der Waals surface area contributed by atoms with Crippen LogP contribution in [0.1, 0.15) is 13.3 Å². The SMILES string of the molecule is CCN(C(=O)C1CC1(Cl)Cl)c1ccc(F)cc1. The zero-order chi connectivity index (χ0) is 12.6. The van der Waals surface area contributed by atoms with Gasteiger partial charge in [-0.2, -0.15) is 0 Å². The van der Waals surface area contributed by atoms with Gasteiger partial charge in [-0.25, -0.2) is 4.39 Å². The molecule has 0 radical (unpaired) electrons. The molecule has 0 bridgehead atoms. The van der Waals surface area contributed by atoms with Crippen molar-refractivity contribution in [1.82, 2.24) is 0 Å². The molecule has 1 atom stereocenters. The molecular weight excluding hydrogens is 264 g/mol. The van der Waals surface area contributed by atoms with Crippen LogP contribution in [0.3, 0.4) is 0 Å². The van der Waals surface area contributed by atoms with Crippen molar-refractivity contribution in [3.63, 3.8) is 0 Å². The van der Waals surface area contributed by atoms with Crippen molar-refractivity contribution in [2.75, 3.05) is 11.4 Å². The molecule has 1 saturated carbocycles. The van der Waals surface area contributed by atoms with E-state index < -0.39 is 4.33 Å². The molecule has 1 amide bonds. The Morgan fingerprint density at radius 3 is 2.41 bits per heavy atom. The number of anilines is 1. The van der Waals surface area contributed by atoms with Gasteiger partial charge in [0.05, 0.1) is 5.92 Å². The number of halogens is 3. The molecule has 0 N–H and O–H groups in total. The standard InChI is InChI=1S/C12H12Cl2FNO/c1-2-16(9-5-3-8(15)4-6-9)11(17)10-7-12(10,13)14/h3-6,10H,2,7H2,1H3. The van der Waals surface area contributed by atoms with Crippen LogP contribution in [-0.4, -0.2) is 16.8 Å². The molecule has 1 unspecified atom stereocenters. The number of amides is 1. The first-order chi connectivity index (χ1) is 7.95. The molecule has 0 saturated heterocycles. The second kappa shape index (κ2) is 4.46. The average Bonchev–Trinajstić information content (AvgIpc) is 2.91. The summed E-state index contributed by atoms with van der Waals surface area (Å²) in [7, 11) is 0. The van der Waals surface area contributed by atoms with Gasteiger partial charge in [0, 0.05) is 12.2 Å². The zero-order valence-corrected chi connectivity index (χ0v) is 10.8. The number of benzene rings is 1. The third-order valence-electron chi connectivity index (χ3n) is 2.84. The highest BCUT2D eigenvalue weighted by Crippen LogP contribution is 2.54. The van der Waals surface area contributed by atoms with Crippen molar-refractivity contribution in [3.05, 3.63) is 30.1 Å². The first kappa shape index (κ1) is 12.7. The number of rotatable bonds is 3. The normalized spacial score (nSPS) is 21.1. The Bertz CT molecular complexity index is 433. The lowest BCUT2D eigenvalue weighted by molar-refractivity contribution is -0.119. The smallest absolute Gasteiger partial charge is 0.233 e. The van der Waals surface area contributed by atoms with Crippen LogP contribution in [0, 0.1) is 11.7 Å². The lowest BCUT2D eigenvalue weighted by Crippen LogP contribution is -2.33. The molecule has 0 aromatic heterocycles. The van der Waals surface area contributed by atoms with Crippen LogP contribution in [0.2, 0.25) is 0 Å². The van der Waals surface area contributed by atoms with E-state index in [1.54, 1.807) is 17.0 Å². The maximum atomic E-state index is 12.8. The van der Waals surface area contributed by atoms with Crippen LogP contribution in [0.5, 0.6) is 0 Å². The van der Waals surface area contributed by atoms with Gasteiger partial charge < -0.3 is 4.90 Å². The van der Waals surface area contributed by atoms with Crippen molar-refractivity contribution < 1.29 is 9.18 Å². The third-order valence-corrected chi connectivity index (χ3v) is 3.68. The minimum absolute atomic E-state index is 0.107. The Hall–Kier alpha value is -0.800. The summed E-state index contributed by atoms with van der Waals surface area (Å²) in [5.74, 6) is -0.785. The molecule has 1 aromatic rings. The molecular formula is C12H12Cl2FNO. The zero-order valence-electron chi connectivity index (χ0n) is 9.29. The van der Waals surface area contributed by atoms with Gasteiger partial charge in [0.25, 0.3) is 0 Å². The summed E-state index contributed by atoms with van der Waals surface area (Å²) in [5.41, 5.74) is 0.662. The van der Waals surface area contributed by atoms with Crippen LogP contribution in [0.4, 0.5) is 10.1 Å². The van der Waals surface area contributed by atoms with E-state index in [9.17, 15) is 9.18 Å². The molecule has 0 spiro atoms. The van der Waals surface area contributed by atoms with E-state index in [-0.39, 0.29) is 17.6 Å². The van der Waals surface area contributed by atoms with Crippen molar-refractivity contribution >= 4 is 34.8 Å². The Morgan fingerprint density at radius 2 is 2.00 bits per heavy atom. The molecule has 2 nitrogen and oxygen atoms in total. The Morgan fingerprint density at radius 1 is 1.47 bits per heavy atom. The summed E-state index contributed by atoms with van der Waals surface area (Å²) in [6.07, 6.45) is 0.479. The molecule has 92 valence electrons. The fourth-order valence-electron chi connectivity index (χ4n) is 1.76. The van der Waals surface area contributed by atoms with E-state index in [2.05, 4.69) is 0 Å². The first-order valence-electron chi connectivity index (χ1n) is 5.40. The van der Waals surface area contributed by atoms with E-state index in [0.29, 0.717) is 18.7 Å². The fourth-order valence-corrected chi connectivity index (χ4v) is 2.25. The summed E-state index contributed by atoms with van der Waals surface area (Å²) in [5, 5.41) is 0. The lowest BCUT2D eigenvalue weighted by atomic mass is 10.2. The molecule has 1 fully saturated rings. The number of nitrogens with zero attached hydrogens (tertiary/aromatic N) is 1. The first-order valence-corrected chi connectivity index (χ1v) is 6.16. The van der Waals surface area contributed by atoms with Crippen LogP contribution in [0.15, 0.2) is 24.3 Å². The highest BCUT2D eigenvalue weighted by Gasteiger charge is 2.57. The second-order valence-electron chi connectivity index (χ2n) is 4.08. The molecule has 0 aliphatic heterocycles. The molecule has 1 aromatic carbocycles. The van der Waals surface area contributed by atoms with Gasteiger partial charge in [-0.05, 0) is 37.6 Å². The number of hydrogen-bond acceptors (Lipinski definition) is 1. The number of carbonyl (C=O) groups is 1. The highest BCUT2D eigenvalue weighted by atomic mass is 35.5. The van der Waals surface area contributed by atoms with Gasteiger partial charge in [0.15, 0.2) is 0 Å². The quantitative estimate of drug-likeness (QED) is 0.775. The minimum Gasteiger partial charge on any atom is -0.312 e. The van der Waals surface area contributed by atoms with Crippen molar-refractivity contribution in [3.8, 4) is 0 Å². The summed E-state index contributed by atoms with van der Waals surface area (Å²) >= 11 is 11.7. The third kappa shape index (κ3) is 2.55. The van der Waals surface area contributed by atoms with Gasteiger partial charge in [-0.3, -0.25) is 4.79 Å². The number of alkyl halides is 2. The molecule has 0 heterocycles. The van der Waals surface area contributed by atoms with E-state index in [1.807, 2.05) is 6.92 Å². The predicted octanol–water partition coefficient (Wildman–Crippen LogP) is 3.37. The average molecular weight is 276 g/mol. The van der Waals surface area contributed by atoms with Crippen molar-refractivity contribution in [1.29, 1.82) is 0 Å². The van der Waals surface area contributed by atoms with E-state index >= 15 is 0 Å². The molecule has 1 aliphatic carbocycles. The van der Waals surface area contributed by atoms with E-state index in [0.717, 1.165) is 0 Å². The predicted molar refractivity (Wildman–Crippen MR) is 67.0 cm³/mol.